The van der Waals surface area contributed by atoms with E-state index in [0.29, 0.717) is 5.69 Å². The number of nitrogens with zero attached hydrogens (tertiary/aromatic N) is 1. The quantitative estimate of drug-likeness (QED) is 0.597. The average Bonchev–Trinajstić information content (AvgIpc) is 2.45. The van der Waals surface area contributed by atoms with Gasteiger partial charge in [0.15, 0.2) is 0 Å². The van der Waals surface area contributed by atoms with Crippen LogP contribution in [0.15, 0.2) is 53.0 Å². The number of benzene rings is 2. The Morgan fingerprint density at radius 1 is 0.800 bits per heavy atom. The average molecular weight is 330 g/mol. The highest BCUT2D eigenvalue weighted by Crippen LogP contribution is 2.27. The van der Waals surface area contributed by atoms with E-state index in [1.165, 1.54) is 6.07 Å². The monoisotopic (exact) mass is 329 g/mol. The second kappa shape index (κ2) is 4.68. The molecule has 0 radical (unpaired) electrons. The van der Waals surface area contributed by atoms with E-state index in [4.69, 9.17) is 0 Å². The number of Topliss-reactive ketones (excluding diaryl/α,β-unsaturated/α-hetero) is 1. The summed E-state index contributed by atoms with van der Waals surface area (Å²) >= 11 is 3.28. The maximum atomic E-state index is 12.4. The first-order chi connectivity index (χ1) is 9.59. The summed E-state index contributed by atoms with van der Waals surface area (Å²) in [6, 6.07) is 13.0. The SMILES string of the molecule is O=C1C(=O)N(c2cccc(Br)c2)C(=O)c2ccccc21. The van der Waals surface area contributed by atoms with Gasteiger partial charge in [0, 0.05) is 10.0 Å². The molecule has 98 valence electrons. The van der Waals surface area contributed by atoms with E-state index in [9.17, 15) is 14.4 Å². The normalized spacial score (nSPS) is 14.4. The molecule has 1 heterocycles. The summed E-state index contributed by atoms with van der Waals surface area (Å²) in [5.41, 5.74) is 0.781. The van der Waals surface area contributed by atoms with Crippen molar-refractivity contribution < 1.29 is 14.4 Å². The molecule has 4 nitrogen and oxygen atoms in total. The first-order valence-electron chi connectivity index (χ1n) is 5.87. The van der Waals surface area contributed by atoms with Crippen LogP contribution in [0.25, 0.3) is 0 Å². The Balaban J connectivity index is 2.17. The van der Waals surface area contributed by atoms with Gasteiger partial charge in [-0.25, -0.2) is 4.90 Å². The molecule has 0 unspecified atom stereocenters. The van der Waals surface area contributed by atoms with E-state index in [2.05, 4.69) is 15.9 Å². The van der Waals surface area contributed by atoms with Gasteiger partial charge in [0.25, 0.3) is 11.7 Å². The second-order valence-electron chi connectivity index (χ2n) is 4.30. The Labute approximate surface area is 123 Å². The van der Waals surface area contributed by atoms with E-state index in [1.54, 1.807) is 42.5 Å². The van der Waals surface area contributed by atoms with Crippen LogP contribution in [0.2, 0.25) is 0 Å². The lowest BCUT2D eigenvalue weighted by molar-refractivity contribution is -0.114. The van der Waals surface area contributed by atoms with Gasteiger partial charge in [-0.3, -0.25) is 14.4 Å². The minimum absolute atomic E-state index is 0.161. The molecule has 2 amide bonds. The molecule has 0 aliphatic carbocycles. The Morgan fingerprint density at radius 3 is 2.20 bits per heavy atom. The fraction of sp³-hybridized carbons (Fsp3) is 0. The number of carbonyl (C=O) groups is 3. The molecule has 0 aromatic heterocycles. The lowest BCUT2D eigenvalue weighted by Crippen LogP contribution is -2.46. The van der Waals surface area contributed by atoms with Crippen LogP contribution in [-0.2, 0) is 4.79 Å². The third-order valence-electron chi connectivity index (χ3n) is 3.07. The minimum atomic E-state index is -0.827. The topological polar surface area (TPSA) is 54.5 Å². The van der Waals surface area contributed by atoms with E-state index in [1.807, 2.05) is 0 Å². The standard InChI is InChI=1S/C15H8BrNO3/c16-9-4-3-5-10(8-9)17-14(19)12-7-2-1-6-11(12)13(18)15(17)20/h1-8H. The highest BCUT2D eigenvalue weighted by Gasteiger charge is 2.38. The van der Waals surface area contributed by atoms with Crippen LogP contribution in [0.4, 0.5) is 5.69 Å². The number of halogens is 1. The Hall–Kier alpha value is -2.27. The summed E-state index contributed by atoms with van der Waals surface area (Å²) in [7, 11) is 0. The predicted octanol–water partition coefficient (Wildman–Crippen LogP) is 2.82. The molecule has 1 aliphatic rings. The van der Waals surface area contributed by atoms with Gasteiger partial charge in [0.1, 0.15) is 0 Å². The molecule has 5 heteroatoms. The summed E-state index contributed by atoms with van der Waals surface area (Å²) < 4.78 is 0.724. The number of anilines is 1. The first-order valence-corrected chi connectivity index (χ1v) is 6.66. The van der Waals surface area contributed by atoms with Crippen LogP contribution >= 0.6 is 15.9 Å². The van der Waals surface area contributed by atoms with Crippen molar-refractivity contribution in [1.29, 1.82) is 0 Å². The van der Waals surface area contributed by atoms with E-state index in [-0.39, 0.29) is 11.1 Å². The number of hydrogen-bond donors (Lipinski definition) is 0. The molecule has 0 saturated heterocycles. The molecule has 0 spiro atoms. The molecule has 0 saturated carbocycles. The minimum Gasteiger partial charge on any atom is -0.283 e. The Kier molecular flexibility index (Phi) is 2.99. The second-order valence-corrected chi connectivity index (χ2v) is 5.22. The van der Waals surface area contributed by atoms with Gasteiger partial charge >= 0.3 is 5.91 Å². The van der Waals surface area contributed by atoms with Crippen molar-refractivity contribution >= 4 is 39.2 Å². The predicted molar refractivity (Wildman–Crippen MR) is 76.7 cm³/mol. The molecule has 0 N–H and O–H groups in total. The van der Waals surface area contributed by atoms with E-state index in [0.717, 1.165) is 9.37 Å². The van der Waals surface area contributed by atoms with Crippen molar-refractivity contribution in [2.24, 2.45) is 0 Å². The number of hydrogen-bond acceptors (Lipinski definition) is 3. The molecule has 0 bridgehead atoms. The molecule has 0 fully saturated rings. The van der Waals surface area contributed by atoms with Gasteiger partial charge in [-0.2, -0.15) is 0 Å². The van der Waals surface area contributed by atoms with Gasteiger partial charge in [-0.05, 0) is 24.3 Å². The molecule has 1 aliphatic heterocycles. The Morgan fingerprint density at radius 2 is 1.50 bits per heavy atom. The van der Waals surface area contributed by atoms with Gasteiger partial charge in [0.2, 0.25) is 0 Å². The lowest BCUT2D eigenvalue weighted by Gasteiger charge is -2.25. The zero-order valence-electron chi connectivity index (χ0n) is 10.2. The van der Waals surface area contributed by atoms with Gasteiger partial charge in [-0.15, -0.1) is 0 Å². The molecule has 2 aromatic carbocycles. The van der Waals surface area contributed by atoms with Gasteiger partial charge < -0.3 is 0 Å². The van der Waals surface area contributed by atoms with E-state index >= 15 is 0 Å². The summed E-state index contributed by atoms with van der Waals surface area (Å²) in [6.45, 7) is 0. The molecular formula is C15H8BrNO3. The molecule has 20 heavy (non-hydrogen) atoms. The van der Waals surface area contributed by atoms with Crippen LogP contribution in [-0.4, -0.2) is 17.6 Å². The number of carbonyl (C=O) groups excluding carboxylic acids is 3. The molecular weight excluding hydrogens is 322 g/mol. The summed E-state index contributed by atoms with van der Waals surface area (Å²) in [6.07, 6.45) is 0. The Bertz CT molecular complexity index is 754. The maximum absolute atomic E-state index is 12.4. The number of ketones is 1. The summed E-state index contributed by atoms with van der Waals surface area (Å²) in [5.74, 6) is -1.98. The number of amides is 2. The zero-order chi connectivity index (χ0) is 14.3. The first kappa shape index (κ1) is 12.7. The highest BCUT2D eigenvalue weighted by atomic mass is 79.9. The van der Waals surface area contributed by atoms with Crippen LogP contribution < -0.4 is 4.90 Å². The summed E-state index contributed by atoms with van der Waals surface area (Å²) in [5, 5.41) is 0. The smallest absolute Gasteiger partial charge is 0.283 e. The van der Waals surface area contributed by atoms with Crippen LogP contribution in [0, 0.1) is 0 Å². The fourth-order valence-electron chi connectivity index (χ4n) is 2.15. The number of imide groups is 1. The van der Waals surface area contributed by atoms with Crippen molar-refractivity contribution in [2.45, 2.75) is 0 Å². The highest BCUT2D eigenvalue weighted by molar-refractivity contribution is 9.10. The molecule has 3 rings (SSSR count). The fourth-order valence-corrected chi connectivity index (χ4v) is 2.53. The zero-order valence-corrected chi connectivity index (χ0v) is 11.8. The number of fused-ring (bicyclic) bond motifs is 1. The third kappa shape index (κ3) is 1.87. The van der Waals surface area contributed by atoms with Crippen molar-refractivity contribution in [2.75, 3.05) is 4.90 Å². The van der Waals surface area contributed by atoms with Crippen LogP contribution in [0.1, 0.15) is 20.7 Å². The van der Waals surface area contributed by atoms with Crippen LogP contribution in [0.5, 0.6) is 0 Å². The van der Waals surface area contributed by atoms with Crippen molar-refractivity contribution in [3.63, 3.8) is 0 Å². The van der Waals surface area contributed by atoms with Gasteiger partial charge in [0.05, 0.1) is 11.3 Å². The summed E-state index contributed by atoms with van der Waals surface area (Å²) in [4.78, 5) is 37.6. The van der Waals surface area contributed by atoms with Crippen LogP contribution in [0.3, 0.4) is 0 Å². The maximum Gasteiger partial charge on any atom is 0.306 e. The van der Waals surface area contributed by atoms with Crippen molar-refractivity contribution in [3.8, 4) is 0 Å². The molecule has 2 aromatic rings. The lowest BCUT2D eigenvalue weighted by atomic mass is 9.97. The largest absolute Gasteiger partial charge is 0.306 e. The van der Waals surface area contributed by atoms with Crippen molar-refractivity contribution in [3.05, 3.63) is 64.1 Å². The van der Waals surface area contributed by atoms with Crippen molar-refractivity contribution in [1.82, 2.24) is 0 Å². The third-order valence-corrected chi connectivity index (χ3v) is 3.56. The molecule has 0 atom stereocenters. The number of rotatable bonds is 1. The van der Waals surface area contributed by atoms with E-state index < -0.39 is 17.6 Å². The van der Waals surface area contributed by atoms with Gasteiger partial charge in [-0.1, -0.05) is 40.2 Å².